The molecule has 2 nitrogen and oxygen atoms in total. The Balaban J connectivity index is 1.92. The van der Waals surface area contributed by atoms with E-state index in [1.54, 1.807) is 0 Å². The third-order valence-corrected chi connectivity index (χ3v) is 4.84. The molecule has 2 N–H and O–H groups in total. The van der Waals surface area contributed by atoms with Gasteiger partial charge in [-0.05, 0) is 19.3 Å². The first-order valence-corrected chi connectivity index (χ1v) is 6.42. The minimum Gasteiger partial charge on any atom is -0.329 e. The summed E-state index contributed by atoms with van der Waals surface area (Å²) < 4.78 is 0. The van der Waals surface area contributed by atoms with Crippen LogP contribution in [0.3, 0.4) is 0 Å². The molecule has 1 saturated heterocycles. The summed E-state index contributed by atoms with van der Waals surface area (Å²) >= 11 is 2.14. The Morgan fingerprint density at radius 1 is 1.54 bits per heavy atom. The fourth-order valence-electron chi connectivity index (χ4n) is 2.19. The monoisotopic (exact) mass is 200 g/mol. The van der Waals surface area contributed by atoms with Gasteiger partial charge in [-0.15, -0.1) is 0 Å². The van der Waals surface area contributed by atoms with Crippen LogP contribution in [-0.2, 0) is 0 Å². The number of hydrogen-bond acceptors (Lipinski definition) is 3. The minimum atomic E-state index is 0.439. The predicted molar refractivity (Wildman–Crippen MR) is 59.1 cm³/mol. The second-order valence-corrected chi connectivity index (χ2v) is 5.68. The molecule has 0 aromatic carbocycles. The predicted octanol–water partition coefficient (Wildman–Crippen LogP) is 1.31. The van der Waals surface area contributed by atoms with Crippen LogP contribution in [0.4, 0.5) is 0 Å². The maximum absolute atomic E-state index is 5.84. The van der Waals surface area contributed by atoms with E-state index in [0.717, 1.165) is 11.8 Å². The zero-order valence-corrected chi connectivity index (χ0v) is 9.28. The SMILES string of the molecule is CCC1CN(C2(CN)CC2)CCS1. The maximum Gasteiger partial charge on any atom is 0.0333 e. The van der Waals surface area contributed by atoms with Crippen LogP contribution >= 0.6 is 11.8 Å². The second-order valence-electron chi connectivity index (χ2n) is 4.28. The largest absolute Gasteiger partial charge is 0.329 e. The van der Waals surface area contributed by atoms with Crippen molar-refractivity contribution in [2.24, 2.45) is 5.73 Å². The summed E-state index contributed by atoms with van der Waals surface area (Å²) in [6.07, 6.45) is 3.98. The molecule has 0 spiro atoms. The van der Waals surface area contributed by atoms with E-state index < -0.39 is 0 Å². The molecule has 1 saturated carbocycles. The lowest BCUT2D eigenvalue weighted by molar-refractivity contribution is 0.187. The minimum absolute atomic E-state index is 0.439. The standard InChI is InChI=1S/C10H20N2S/c1-2-9-7-12(5-6-13-9)10(8-11)3-4-10/h9H,2-8,11H2,1H3. The highest BCUT2D eigenvalue weighted by molar-refractivity contribution is 8.00. The maximum atomic E-state index is 5.84. The molecule has 0 radical (unpaired) electrons. The van der Waals surface area contributed by atoms with Gasteiger partial charge in [0.05, 0.1) is 0 Å². The zero-order valence-electron chi connectivity index (χ0n) is 8.46. The number of nitrogens with two attached hydrogens (primary N) is 1. The molecule has 76 valence electrons. The quantitative estimate of drug-likeness (QED) is 0.745. The van der Waals surface area contributed by atoms with Crippen molar-refractivity contribution in [3.05, 3.63) is 0 Å². The lowest BCUT2D eigenvalue weighted by Crippen LogP contribution is -2.49. The number of hydrogen-bond donors (Lipinski definition) is 1. The summed E-state index contributed by atoms with van der Waals surface area (Å²) in [7, 11) is 0. The summed E-state index contributed by atoms with van der Waals surface area (Å²) in [4.78, 5) is 2.65. The highest BCUT2D eigenvalue weighted by Gasteiger charge is 2.47. The fraction of sp³-hybridized carbons (Fsp3) is 1.00. The van der Waals surface area contributed by atoms with E-state index in [1.807, 2.05) is 0 Å². The molecule has 0 amide bonds. The van der Waals surface area contributed by atoms with Gasteiger partial charge >= 0.3 is 0 Å². The molecule has 2 rings (SSSR count). The third kappa shape index (κ3) is 1.88. The first kappa shape index (κ1) is 9.81. The summed E-state index contributed by atoms with van der Waals surface area (Å²) in [5.41, 5.74) is 6.28. The summed E-state index contributed by atoms with van der Waals surface area (Å²) in [5.74, 6) is 1.31. The van der Waals surface area contributed by atoms with Gasteiger partial charge in [-0.25, -0.2) is 0 Å². The van der Waals surface area contributed by atoms with Gasteiger partial charge in [0, 0.05) is 36.2 Å². The number of thioether (sulfide) groups is 1. The highest BCUT2D eigenvalue weighted by Crippen LogP contribution is 2.42. The van der Waals surface area contributed by atoms with Crippen LogP contribution in [0.5, 0.6) is 0 Å². The molecule has 0 aromatic heterocycles. The van der Waals surface area contributed by atoms with Gasteiger partial charge in [-0.1, -0.05) is 6.92 Å². The van der Waals surface area contributed by atoms with E-state index >= 15 is 0 Å². The lowest BCUT2D eigenvalue weighted by atomic mass is 10.2. The molecular formula is C10H20N2S. The van der Waals surface area contributed by atoms with Gasteiger partial charge in [0.2, 0.25) is 0 Å². The van der Waals surface area contributed by atoms with Gasteiger partial charge in [0.15, 0.2) is 0 Å². The Hall–Kier alpha value is 0.270. The molecule has 1 aliphatic heterocycles. The van der Waals surface area contributed by atoms with E-state index in [0.29, 0.717) is 5.54 Å². The van der Waals surface area contributed by atoms with E-state index in [1.165, 1.54) is 38.1 Å². The van der Waals surface area contributed by atoms with Crippen molar-refractivity contribution in [3.8, 4) is 0 Å². The molecule has 2 fully saturated rings. The van der Waals surface area contributed by atoms with Crippen molar-refractivity contribution in [3.63, 3.8) is 0 Å². The van der Waals surface area contributed by atoms with Crippen LogP contribution in [-0.4, -0.2) is 41.1 Å². The molecule has 3 heteroatoms. The molecular weight excluding hydrogens is 180 g/mol. The van der Waals surface area contributed by atoms with Crippen LogP contribution in [0.25, 0.3) is 0 Å². The van der Waals surface area contributed by atoms with Crippen LogP contribution in [0.1, 0.15) is 26.2 Å². The van der Waals surface area contributed by atoms with Gasteiger partial charge in [0.25, 0.3) is 0 Å². The van der Waals surface area contributed by atoms with Crippen molar-refractivity contribution in [1.29, 1.82) is 0 Å². The van der Waals surface area contributed by atoms with Crippen LogP contribution in [0.2, 0.25) is 0 Å². The molecule has 1 unspecified atom stereocenters. The topological polar surface area (TPSA) is 29.3 Å². The normalized spacial score (nSPS) is 33.2. The molecule has 2 aliphatic rings. The zero-order chi connectivity index (χ0) is 9.31. The average molecular weight is 200 g/mol. The molecule has 1 aliphatic carbocycles. The Kier molecular flexibility index (Phi) is 2.86. The summed E-state index contributed by atoms with van der Waals surface area (Å²) in [6, 6.07) is 0. The van der Waals surface area contributed by atoms with Gasteiger partial charge < -0.3 is 5.73 Å². The van der Waals surface area contributed by atoms with Gasteiger partial charge in [0.1, 0.15) is 0 Å². The van der Waals surface area contributed by atoms with E-state index in [9.17, 15) is 0 Å². The Bertz CT molecular complexity index is 180. The summed E-state index contributed by atoms with van der Waals surface area (Å²) in [5, 5.41) is 0.859. The van der Waals surface area contributed by atoms with E-state index in [4.69, 9.17) is 5.73 Å². The highest BCUT2D eigenvalue weighted by atomic mass is 32.2. The first-order chi connectivity index (χ1) is 6.30. The second kappa shape index (κ2) is 3.79. The Morgan fingerprint density at radius 2 is 2.31 bits per heavy atom. The van der Waals surface area contributed by atoms with Crippen molar-refractivity contribution in [2.45, 2.75) is 37.0 Å². The number of rotatable bonds is 3. The van der Waals surface area contributed by atoms with E-state index in [-0.39, 0.29) is 0 Å². The Labute approximate surface area is 85.2 Å². The van der Waals surface area contributed by atoms with Gasteiger partial charge in [-0.2, -0.15) is 11.8 Å². The van der Waals surface area contributed by atoms with Crippen LogP contribution in [0, 0.1) is 0 Å². The smallest absolute Gasteiger partial charge is 0.0333 e. The molecule has 0 aromatic rings. The van der Waals surface area contributed by atoms with Crippen molar-refractivity contribution < 1.29 is 0 Å². The molecule has 1 heterocycles. The van der Waals surface area contributed by atoms with Crippen molar-refractivity contribution >= 4 is 11.8 Å². The fourth-order valence-corrected chi connectivity index (χ4v) is 3.37. The van der Waals surface area contributed by atoms with Crippen LogP contribution < -0.4 is 5.73 Å². The van der Waals surface area contributed by atoms with Crippen molar-refractivity contribution in [1.82, 2.24) is 4.90 Å². The van der Waals surface area contributed by atoms with Crippen molar-refractivity contribution in [2.75, 3.05) is 25.4 Å². The average Bonchev–Trinajstić information content (AvgIpc) is 2.99. The van der Waals surface area contributed by atoms with Crippen LogP contribution in [0.15, 0.2) is 0 Å². The number of nitrogens with zero attached hydrogens (tertiary/aromatic N) is 1. The molecule has 1 atom stereocenters. The Morgan fingerprint density at radius 3 is 2.85 bits per heavy atom. The van der Waals surface area contributed by atoms with Gasteiger partial charge in [-0.3, -0.25) is 4.90 Å². The van der Waals surface area contributed by atoms with E-state index in [2.05, 4.69) is 23.6 Å². The third-order valence-electron chi connectivity index (χ3n) is 3.47. The first-order valence-electron chi connectivity index (χ1n) is 5.37. The lowest BCUT2D eigenvalue weighted by Gasteiger charge is -2.37. The molecule has 13 heavy (non-hydrogen) atoms. The molecule has 0 bridgehead atoms. The summed E-state index contributed by atoms with van der Waals surface area (Å²) in [6.45, 7) is 5.70.